The average molecular weight is 340 g/mol. The number of halogens is 3. The monoisotopic (exact) mass is 340 g/mol. The summed E-state index contributed by atoms with van der Waals surface area (Å²) in [6.45, 7) is 0.713. The van der Waals surface area contributed by atoms with E-state index in [2.05, 4.69) is 20.4 Å². The number of amides is 1. The van der Waals surface area contributed by atoms with Crippen molar-refractivity contribution in [2.45, 2.75) is 43.9 Å². The van der Waals surface area contributed by atoms with E-state index in [-0.39, 0.29) is 23.5 Å². The lowest BCUT2D eigenvalue weighted by atomic mass is 10.0. The summed E-state index contributed by atoms with van der Waals surface area (Å²) in [6, 6.07) is 0.595. The fourth-order valence-electron chi connectivity index (χ4n) is 3.02. The molecule has 3 heterocycles. The summed E-state index contributed by atoms with van der Waals surface area (Å²) in [6.07, 6.45) is -0.0777. The molecule has 1 atom stereocenters. The topological polar surface area (TPSA) is 75.4 Å². The molecule has 128 valence electrons. The van der Waals surface area contributed by atoms with Crippen LogP contribution in [0.3, 0.4) is 0 Å². The molecule has 2 aromatic rings. The second-order valence-corrected chi connectivity index (χ2v) is 6.10. The van der Waals surface area contributed by atoms with Gasteiger partial charge < -0.3 is 10.2 Å². The highest BCUT2D eigenvalue weighted by molar-refractivity contribution is 5.85. The molecule has 1 aliphatic heterocycles. The zero-order valence-corrected chi connectivity index (χ0v) is 12.6. The molecule has 1 saturated carbocycles. The molecule has 2 aliphatic rings. The molecule has 1 amide bonds. The van der Waals surface area contributed by atoms with Crippen LogP contribution in [0.2, 0.25) is 0 Å². The first-order valence-corrected chi connectivity index (χ1v) is 7.78. The number of nitrogens with zero attached hydrogens (tertiary/aromatic N) is 5. The van der Waals surface area contributed by atoms with Crippen molar-refractivity contribution in [3.05, 3.63) is 18.1 Å². The SMILES string of the molecule is O=C1C(Nc2cc(C(F)(F)F)nc3ncnn23)CCCN1C1CC1. The standard InChI is InChI=1S/C14H15F3N6O/c15-14(16,17)10-6-11(23-13(21-10)18-7-19-23)20-9-2-1-5-22(12(9)24)8-3-4-8/h6-9,20H,1-5H2. The molecule has 4 rings (SSSR count). The van der Waals surface area contributed by atoms with Gasteiger partial charge in [-0.3, -0.25) is 4.79 Å². The summed E-state index contributed by atoms with van der Waals surface area (Å²) in [5.41, 5.74) is -1.06. The van der Waals surface area contributed by atoms with Gasteiger partial charge in [-0.05, 0) is 25.7 Å². The first-order valence-electron chi connectivity index (χ1n) is 7.78. The van der Waals surface area contributed by atoms with E-state index in [1.165, 1.54) is 4.52 Å². The molecule has 1 N–H and O–H groups in total. The Morgan fingerprint density at radius 1 is 1.25 bits per heavy atom. The van der Waals surface area contributed by atoms with Gasteiger partial charge in [-0.1, -0.05) is 0 Å². The first kappa shape index (κ1) is 15.2. The van der Waals surface area contributed by atoms with Crippen LogP contribution in [-0.2, 0) is 11.0 Å². The molecule has 7 nitrogen and oxygen atoms in total. The number of fused-ring (bicyclic) bond motifs is 1. The predicted molar refractivity (Wildman–Crippen MR) is 77.2 cm³/mol. The van der Waals surface area contributed by atoms with Crippen LogP contribution in [-0.4, -0.2) is 49.0 Å². The molecule has 1 saturated heterocycles. The van der Waals surface area contributed by atoms with Gasteiger partial charge in [0, 0.05) is 18.7 Å². The van der Waals surface area contributed by atoms with Gasteiger partial charge in [-0.15, -0.1) is 0 Å². The third-order valence-corrected chi connectivity index (χ3v) is 4.33. The van der Waals surface area contributed by atoms with Gasteiger partial charge in [-0.2, -0.15) is 27.8 Å². The lowest BCUT2D eigenvalue weighted by Crippen LogP contribution is -2.48. The van der Waals surface area contributed by atoms with Crippen molar-refractivity contribution in [2.24, 2.45) is 0 Å². The van der Waals surface area contributed by atoms with Crippen LogP contribution >= 0.6 is 0 Å². The summed E-state index contributed by atoms with van der Waals surface area (Å²) in [4.78, 5) is 21.6. The smallest absolute Gasteiger partial charge is 0.358 e. The molecule has 10 heteroatoms. The van der Waals surface area contributed by atoms with Crippen molar-refractivity contribution < 1.29 is 18.0 Å². The van der Waals surface area contributed by atoms with Gasteiger partial charge >= 0.3 is 6.18 Å². The average Bonchev–Trinajstić information content (AvgIpc) is 3.25. The Bertz CT molecular complexity index is 784. The summed E-state index contributed by atoms with van der Waals surface area (Å²) < 4.78 is 40.2. The second kappa shape index (κ2) is 5.32. The van der Waals surface area contributed by atoms with Gasteiger partial charge in [0.2, 0.25) is 5.91 Å². The van der Waals surface area contributed by atoms with Gasteiger partial charge in [0.25, 0.3) is 5.78 Å². The van der Waals surface area contributed by atoms with Crippen molar-refractivity contribution in [2.75, 3.05) is 11.9 Å². The number of alkyl halides is 3. The Hall–Kier alpha value is -2.39. The molecule has 0 aromatic carbocycles. The number of aromatic nitrogens is 4. The maximum absolute atomic E-state index is 13.0. The van der Waals surface area contributed by atoms with Gasteiger partial charge in [0.1, 0.15) is 18.2 Å². The van der Waals surface area contributed by atoms with Crippen LogP contribution in [0.5, 0.6) is 0 Å². The molecule has 2 fully saturated rings. The molecule has 1 aliphatic carbocycles. The highest BCUT2D eigenvalue weighted by Crippen LogP contribution is 2.32. The normalized spacial score (nSPS) is 22.2. The Kier molecular flexibility index (Phi) is 3.36. The number of hydrogen-bond donors (Lipinski definition) is 1. The number of carbonyl (C=O) groups is 1. The Balaban J connectivity index is 1.66. The van der Waals surface area contributed by atoms with Crippen molar-refractivity contribution in [1.82, 2.24) is 24.5 Å². The molecular weight excluding hydrogens is 325 g/mol. The lowest BCUT2D eigenvalue weighted by molar-refractivity contribution is -0.141. The third-order valence-electron chi connectivity index (χ3n) is 4.33. The van der Waals surface area contributed by atoms with E-state index in [4.69, 9.17) is 0 Å². The molecule has 2 aromatic heterocycles. The molecule has 24 heavy (non-hydrogen) atoms. The number of nitrogens with one attached hydrogen (secondary N) is 1. The van der Waals surface area contributed by atoms with Crippen molar-refractivity contribution in [1.29, 1.82) is 0 Å². The maximum atomic E-state index is 13.0. The van der Waals surface area contributed by atoms with E-state index in [0.717, 1.165) is 31.7 Å². The number of likely N-dealkylation sites (tertiary alicyclic amines) is 1. The Morgan fingerprint density at radius 2 is 2.04 bits per heavy atom. The van der Waals surface area contributed by atoms with Crippen LogP contribution < -0.4 is 5.32 Å². The van der Waals surface area contributed by atoms with Crippen LogP contribution in [0.25, 0.3) is 5.78 Å². The van der Waals surface area contributed by atoms with E-state index in [1.807, 2.05) is 4.90 Å². The molecular formula is C14H15F3N6O. The van der Waals surface area contributed by atoms with E-state index in [9.17, 15) is 18.0 Å². The summed E-state index contributed by atoms with van der Waals surface area (Å²) >= 11 is 0. The molecule has 0 radical (unpaired) electrons. The van der Waals surface area contributed by atoms with Crippen molar-refractivity contribution in [3.8, 4) is 0 Å². The minimum atomic E-state index is -4.60. The lowest BCUT2D eigenvalue weighted by Gasteiger charge is -2.33. The third kappa shape index (κ3) is 2.65. The van der Waals surface area contributed by atoms with E-state index in [0.29, 0.717) is 13.0 Å². The van der Waals surface area contributed by atoms with Crippen LogP contribution in [0, 0.1) is 0 Å². The fraction of sp³-hybridized carbons (Fsp3) is 0.571. The van der Waals surface area contributed by atoms with Crippen molar-refractivity contribution in [3.63, 3.8) is 0 Å². The number of rotatable bonds is 3. The highest BCUT2D eigenvalue weighted by atomic mass is 19.4. The molecule has 0 spiro atoms. The van der Waals surface area contributed by atoms with Crippen LogP contribution in [0.1, 0.15) is 31.4 Å². The molecule has 1 unspecified atom stereocenters. The van der Waals surface area contributed by atoms with E-state index >= 15 is 0 Å². The number of piperidine rings is 1. The highest BCUT2D eigenvalue weighted by Gasteiger charge is 2.39. The van der Waals surface area contributed by atoms with Gasteiger partial charge in [0.15, 0.2) is 5.69 Å². The second-order valence-electron chi connectivity index (χ2n) is 6.10. The zero-order chi connectivity index (χ0) is 16.9. The van der Waals surface area contributed by atoms with Gasteiger partial charge in [-0.25, -0.2) is 4.98 Å². The maximum Gasteiger partial charge on any atom is 0.433 e. The predicted octanol–water partition coefficient (Wildman–Crippen LogP) is 1.71. The Labute approximate surface area is 134 Å². The Morgan fingerprint density at radius 3 is 2.75 bits per heavy atom. The summed E-state index contributed by atoms with van der Waals surface area (Å²) in [5, 5.41) is 6.80. The first-order chi connectivity index (χ1) is 11.4. The van der Waals surface area contributed by atoms with E-state index in [1.54, 1.807) is 0 Å². The largest absolute Gasteiger partial charge is 0.433 e. The minimum absolute atomic E-state index is 0.0672. The minimum Gasteiger partial charge on any atom is -0.358 e. The summed E-state index contributed by atoms with van der Waals surface area (Å²) in [7, 11) is 0. The fourth-order valence-corrected chi connectivity index (χ4v) is 3.02. The number of anilines is 1. The van der Waals surface area contributed by atoms with E-state index < -0.39 is 17.9 Å². The van der Waals surface area contributed by atoms with Crippen LogP contribution in [0.4, 0.5) is 19.0 Å². The van der Waals surface area contributed by atoms with Crippen molar-refractivity contribution >= 4 is 17.5 Å². The quantitative estimate of drug-likeness (QED) is 0.921. The zero-order valence-electron chi connectivity index (χ0n) is 12.6. The van der Waals surface area contributed by atoms with Gasteiger partial charge in [0.05, 0.1) is 0 Å². The molecule has 0 bridgehead atoms. The number of carbonyl (C=O) groups excluding carboxylic acids is 1. The summed E-state index contributed by atoms with van der Waals surface area (Å²) in [5.74, 6) is -0.155. The number of hydrogen-bond acceptors (Lipinski definition) is 5. The van der Waals surface area contributed by atoms with Crippen LogP contribution in [0.15, 0.2) is 12.4 Å².